The number of carbonyl (C=O) groups is 2. The van der Waals surface area contributed by atoms with E-state index in [1.807, 2.05) is 6.92 Å². The van der Waals surface area contributed by atoms with Gasteiger partial charge in [-0.2, -0.15) is 0 Å². The van der Waals surface area contributed by atoms with Crippen molar-refractivity contribution in [2.45, 2.75) is 13.3 Å². The molecule has 0 fully saturated rings. The van der Waals surface area contributed by atoms with Crippen LogP contribution in [0.25, 0.3) is 0 Å². The van der Waals surface area contributed by atoms with Crippen molar-refractivity contribution in [2.24, 2.45) is 0 Å². The largest absolute Gasteiger partial charge is 0.475 e. The van der Waals surface area contributed by atoms with E-state index < -0.39 is 11.8 Å². The van der Waals surface area contributed by atoms with Crippen LogP contribution < -0.4 is 0 Å². The molecule has 0 aliphatic heterocycles. The van der Waals surface area contributed by atoms with E-state index in [0.29, 0.717) is 6.61 Å². The van der Waals surface area contributed by atoms with Crippen LogP contribution in [0.1, 0.15) is 13.3 Å². The minimum Gasteiger partial charge on any atom is -0.475 e. The summed E-state index contributed by atoms with van der Waals surface area (Å²) in [4.78, 5) is 20.2. The van der Waals surface area contributed by atoms with Crippen molar-refractivity contribution in [1.82, 2.24) is 0 Å². The fourth-order valence-corrected chi connectivity index (χ4v) is 0.371. The van der Waals surface area contributed by atoms with Crippen LogP contribution in [0.5, 0.6) is 0 Å². The average Bonchev–Trinajstić information content (AvgIpc) is 1.88. The average molecular weight is 146 g/mol. The Morgan fingerprint density at radius 2 is 2.10 bits per heavy atom. The SMILES string of the molecule is CCCOCC(=O)C(=O)O. The summed E-state index contributed by atoms with van der Waals surface area (Å²) in [7, 11) is 0. The summed E-state index contributed by atoms with van der Waals surface area (Å²) in [5, 5.41) is 8.05. The molecule has 4 nitrogen and oxygen atoms in total. The van der Waals surface area contributed by atoms with E-state index in [1.54, 1.807) is 0 Å². The van der Waals surface area contributed by atoms with Crippen LogP contribution in [0.15, 0.2) is 0 Å². The molecule has 0 unspecified atom stereocenters. The summed E-state index contributed by atoms with van der Waals surface area (Å²) in [6.45, 7) is 1.99. The number of ketones is 1. The molecule has 0 rings (SSSR count). The lowest BCUT2D eigenvalue weighted by atomic mass is 10.4. The van der Waals surface area contributed by atoms with Gasteiger partial charge < -0.3 is 9.84 Å². The van der Waals surface area contributed by atoms with E-state index in [1.165, 1.54) is 0 Å². The molecule has 58 valence electrons. The molecule has 0 aliphatic rings. The van der Waals surface area contributed by atoms with Crippen LogP contribution in [0.2, 0.25) is 0 Å². The Hall–Kier alpha value is -0.900. The third kappa shape index (κ3) is 4.03. The minimum absolute atomic E-state index is 0.316. The molecule has 0 spiro atoms. The van der Waals surface area contributed by atoms with Gasteiger partial charge in [-0.25, -0.2) is 4.79 Å². The maximum absolute atomic E-state index is 10.3. The molecule has 10 heavy (non-hydrogen) atoms. The second-order valence-electron chi connectivity index (χ2n) is 1.78. The Bertz CT molecular complexity index is 130. The Morgan fingerprint density at radius 1 is 1.50 bits per heavy atom. The predicted molar refractivity (Wildman–Crippen MR) is 33.8 cm³/mol. The second-order valence-corrected chi connectivity index (χ2v) is 1.78. The van der Waals surface area contributed by atoms with Gasteiger partial charge in [-0.15, -0.1) is 0 Å². The lowest BCUT2D eigenvalue weighted by Gasteiger charge is -1.96. The highest BCUT2D eigenvalue weighted by molar-refractivity contribution is 6.33. The highest BCUT2D eigenvalue weighted by atomic mass is 16.5. The first kappa shape index (κ1) is 9.10. The third-order valence-electron chi connectivity index (χ3n) is 0.820. The normalized spacial score (nSPS) is 9.30. The van der Waals surface area contributed by atoms with Gasteiger partial charge >= 0.3 is 5.97 Å². The lowest BCUT2D eigenvalue weighted by Crippen LogP contribution is -2.18. The van der Waals surface area contributed by atoms with Gasteiger partial charge in [0.05, 0.1) is 0 Å². The van der Waals surface area contributed by atoms with Crippen molar-refractivity contribution in [1.29, 1.82) is 0 Å². The fraction of sp³-hybridized carbons (Fsp3) is 0.667. The Kier molecular flexibility index (Phi) is 4.49. The quantitative estimate of drug-likeness (QED) is 0.440. The number of hydrogen-bond acceptors (Lipinski definition) is 3. The van der Waals surface area contributed by atoms with Gasteiger partial charge in [0.1, 0.15) is 6.61 Å². The Morgan fingerprint density at radius 3 is 2.50 bits per heavy atom. The summed E-state index contributed by atoms with van der Waals surface area (Å²) in [5.41, 5.74) is 0. The van der Waals surface area contributed by atoms with Crippen LogP contribution in [-0.4, -0.2) is 30.1 Å². The van der Waals surface area contributed by atoms with Crippen LogP contribution in [0.4, 0.5) is 0 Å². The molecule has 1 N–H and O–H groups in total. The van der Waals surface area contributed by atoms with Gasteiger partial charge in [0, 0.05) is 6.61 Å². The predicted octanol–water partition coefficient (Wildman–Crippen LogP) is 0.0667. The van der Waals surface area contributed by atoms with E-state index in [-0.39, 0.29) is 6.61 Å². The molecule has 0 aromatic carbocycles. The van der Waals surface area contributed by atoms with Crippen LogP contribution in [-0.2, 0) is 14.3 Å². The van der Waals surface area contributed by atoms with Gasteiger partial charge in [-0.1, -0.05) is 6.92 Å². The van der Waals surface area contributed by atoms with Crippen LogP contribution in [0, 0.1) is 0 Å². The first-order valence-corrected chi connectivity index (χ1v) is 3.02. The summed E-state index contributed by atoms with van der Waals surface area (Å²) in [5.74, 6) is -2.33. The number of carboxylic acid groups (broad SMARTS) is 1. The van der Waals surface area contributed by atoms with Crippen molar-refractivity contribution in [3.05, 3.63) is 0 Å². The van der Waals surface area contributed by atoms with Gasteiger partial charge in [0.2, 0.25) is 0 Å². The monoisotopic (exact) mass is 146 g/mol. The molecule has 0 saturated carbocycles. The molecule has 0 aliphatic carbocycles. The second kappa shape index (κ2) is 4.93. The standard InChI is InChI=1S/C6H10O4/c1-2-3-10-4-5(7)6(8)9/h2-4H2,1H3,(H,8,9). The molecule has 0 amide bonds. The van der Waals surface area contributed by atoms with Crippen molar-refractivity contribution >= 4 is 11.8 Å². The zero-order valence-corrected chi connectivity index (χ0v) is 5.79. The number of ether oxygens (including phenoxy) is 1. The molecule has 0 aromatic rings. The zero-order chi connectivity index (χ0) is 7.98. The Labute approximate surface area is 58.8 Å². The Balaban J connectivity index is 3.31. The minimum atomic E-state index is -1.43. The van der Waals surface area contributed by atoms with Crippen molar-refractivity contribution in [3.8, 4) is 0 Å². The molecular weight excluding hydrogens is 136 g/mol. The molecule has 0 bridgehead atoms. The number of carbonyl (C=O) groups excluding carboxylic acids is 1. The molecule has 0 heterocycles. The van der Waals surface area contributed by atoms with Crippen molar-refractivity contribution < 1.29 is 19.4 Å². The zero-order valence-electron chi connectivity index (χ0n) is 5.79. The number of carboxylic acids is 1. The van der Waals surface area contributed by atoms with E-state index in [2.05, 4.69) is 4.74 Å². The van der Waals surface area contributed by atoms with E-state index >= 15 is 0 Å². The van der Waals surface area contributed by atoms with Gasteiger partial charge in [-0.05, 0) is 6.42 Å². The molecular formula is C6H10O4. The van der Waals surface area contributed by atoms with E-state index in [4.69, 9.17) is 5.11 Å². The number of hydrogen-bond donors (Lipinski definition) is 1. The summed E-state index contributed by atoms with van der Waals surface area (Å²) < 4.78 is 4.68. The highest BCUT2D eigenvalue weighted by Crippen LogP contribution is 1.81. The van der Waals surface area contributed by atoms with Crippen molar-refractivity contribution in [2.75, 3.05) is 13.2 Å². The summed E-state index contributed by atoms with van der Waals surface area (Å²) >= 11 is 0. The molecule has 0 radical (unpaired) electrons. The van der Waals surface area contributed by atoms with E-state index in [0.717, 1.165) is 6.42 Å². The maximum atomic E-state index is 10.3. The highest BCUT2D eigenvalue weighted by Gasteiger charge is 2.09. The molecule has 4 heteroatoms. The number of rotatable bonds is 5. The van der Waals surface area contributed by atoms with Gasteiger partial charge in [0.15, 0.2) is 0 Å². The lowest BCUT2D eigenvalue weighted by molar-refractivity contribution is -0.151. The topological polar surface area (TPSA) is 63.6 Å². The van der Waals surface area contributed by atoms with Gasteiger partial charge in [0.25, 0.3) is 5.78 Å². The first-order valence-electron chi connectivity index (χ1n) is 3.02. The number of aliphatic carboxylic acids is 1. The molecule has 0 saturated heterocycles. The summed E-state index contributed by atoms with van der Waals surface area (Å²) in [6.07, 6.45) is 0.785. The number of Topliss-reactive ketones (excluding diaryl/α,β-unsaturated/α-hetero) is 1. The van der Waals surface area contributed by atoms with Crippen LogP contribution in [0.3, 0.4) is 0 Å². The smallest absolute Gasteiger partial charge is 0.374 e. The molecule has 0 atom stereocenters. The summed E-state index contributed by atoms with van der Waals surface area (Å²) in [6, 6.07) is 0. The van der Waals surface area contributed by atoms with Crippen LogP contribution >= 0.6 is 0 Å². The van der Waals surface area contributed by atoms with Crippen molar-refractivity contribution in [3.63, 3.8) is 0 Å². The first-order chi connectivity index (χ1) is 4.68. The molecule has 0 aromatic heterocycles. The van der Waals surface area contributed by atoms with Gasteiger partial charge in [-0.3, -0.25) is 4.79 Å². The van der Waals surface area contributed by atoms with E-state index in [9.17, 15) is 9.59 Å². The third-order valence-corrected chi connectivity index (χ3v) is 0.820. The maximum Gasteiger partial charge on any atom is 0.374 e. The fourth-order valence-electron chi connectivity index (χ4n) is 0.371.